The second-order valence-corrected chi connectivity index (χ2v) is 20.3. The molecule has 0 fully saturated rings. The molecule has 6 rings (SSSR count). The first-order valence-electron chi connectivity index (χ1n) is 20.4. The molecule has 66 heavy (non-hydrogen) atoms. The predicted molar refractivity (Wildman–Crippen MR) is 269 cm³/mol. The third-order valence-electron chi connectivity index (χ3n) is 8.98. The predicted octanol–water partition coefficient (Wildman–Crippen LogP) is 12.2. The Labute approximate surface area is 395 Å². The summed E-state index contributed by atoms with van der Waals surface area (Å²) in [5.41, 5.74) is 6.69. The van der Waals surface area contributed by atoms with Crippen LogP contribution in [0.5, 0.6) is 0 Å². The maximum absolute atomic E-state index is 11.8. The van der Waals surface area contributed by atoms with E-state index in [0.717, 1.165) is 32.0 Å². The van der Waals surface area contributed by atoms with Crippen LogP contribution in [0.2, 0.25) is 0 Å². The molecule has 6 aromatic rings. The molecule has 0 aliphatic rings. The maximum Gasteiger partial charge on any atom is 0.286 e. The van der Waals surface area contributed by atoms with Gasteiger partial charge in [0.05, 0.1) is 9.85 Å². The van der Waals surface area contributed by atoms with Crippen molar-refractivity contribution in [1.82, 2.24) is 0 Å². The Morgan fingerprint density at radius 3 is 1.05 bits per heavy atom. The highest BCUT2D eigenvalue weighted by Gasteiger charge is 2.16. The van der Waals surface area contributed by atoms with Gasteiger partial charge in [0.15, 0.2) is 0 Å². The Bertz CT molecular complexity index is 3130. The highest BCUT2D eigenvalue weighted by Crippen LogP contribution is 2.34. The molecule has 6 nitrogen and oxygen atoms in total. The average molecular weight is 893 g/mol. The van der Waals surface area contributed by atoms with Gasteiger partial charge in [-0.2, -0.15) is 0 Å². The van der Waals surface area contributed by atoms with Crippen LogP contribution in [0.3, 0.4) is 0 Å². The van der Waals surface area contributed by atoms with Crippen LogP contribution in [0.4, 0.5) is 11.4 Å². The standard InChI is InChI=1S/C58H40N2O4S2/c1-9-41-19-23-49(55(37-41)59(61)62)29-27-47-31-33-53(65-57(3,4)5)39-51(47)25-21-45-15-11-13-43(35-45)17-18-44-14-12-16-46(36-44)22-26-52-40-54(66-58(6,7)8)34-32-48(52)28-30-50-24-20-42(10-2)38-56(50)60(63)64/h1-2,11-16,19-20,23-24,31-40H,3-8H3. The number of nitrogens with zero attached hydrogens (tertiary/aromatic N) is 2. The van der Waals surface area contributed by atoms with E-state index in [1.165, 1.54) is 12.1 Å². The van der Waals surface area contributed by atoms with E-state index in [-0.39, 0.29) is 32.0 Å². The van der Waals surface area contributed by atoms with E-state index >= 15 is 0 Å². The summed E-state index contributed by atoms with van der Waals surface area (Å²) < 4.78 is -0.0863. The van der Waals surface area contributed by atoms with Crippen LogP contribution >= 0.6 is 23.5 Å². The Kier molecular flexibility index (Phi) is 15.0. The highest BCUT2D eigenvalue weighted by atomic mass is 32.2. The van der Waals surface area contributed by atoms with E-state index in [2.05, 4.69) is 113 Å². The molecule has 0 N–H and O–H groups in total. The quantitative estimate of drug-likeness (QED) is 0.0758. The molecule has 0 aliphatic heterocycles. The SMILES string of the molecule is C#Cc1ccc(C#Cc2ccc(SC(C)(C)C)cc2C#Cc2cccc(C#Cc3cccc(C#Cc4cc(SC(C)(C)C)ccc4C#Cc4ccc(C#C)cc4[N+](=O)[O-])c3)c2)c([N+](=O)[O-])c1. The molecule has 0 bridgehead atoms. The van der Waals surface area contributed by atoms with Gasteiger partial charge in [0.1, 0.15) is 11.1 Å². The molecule has 0 aromatic heterocycles. The van der Waals surface area contributed by atoms with Gasteiger partial charge in [0, 0.05) is 87.1 Å². The normalized spacial score (nSPS) is 10.3. The van der Waals surface area contributed by atoms with E-state index in [1.807, 2.05) is 84.9 Å². The summed E-state index contributed by atoms with van der Waals surface area (Å²) in [4.78, 5) is 24.7. The zero-order chi connectivity index (χ0) is 47.4. The summed E-state index contributed by atoms with van der Waals surface area (Å²) in [6.45, 7) is 12.8. The van der Waals surface area contributed by atoms with E-state index < -0.39 is 9.85 Å². The van der Waals surface area contributed by atoms with Gasteiger partial charge in [0.25, 0.3) is 11.4 Å². The number of hydrogen-bond acceptors (Lipinski definition) is 6. The summed E-state index contributed by atoms with van der Waals surface area (Å²) in [5.74, 6) is 36.7. The summed E-state index contributed by atoms with van der Waals surface area (Å²) in [6.07, 6.45) is 10.9. The third kappa shape index (κ3) is 13.6. The molecule has 0 spiro atoms. The first-order valence-corrected chi connectivity index (χ1v) is 22.0. The third-order valence-corrected chi connectivity index (χ3v) is 11.2. The van der Waals surface area contributed by atoms with Gasteiger partial charge in [-0.3, -0.25) is 20.2 Å². The van der Waals surface area contributed by atoms with Crippen LogP contribution < -0.4 is 0 Å². The van der Waals surface area contributed by atoms with Crippen molar-refractivity contribution in [3.63, 3.8) is 0 Å². The molecule has 6 aromatic carbocycles. The van der Waals surface area contributed by atoms with Crippen LogP contribution in [-0.4, -0.2) is 19.3 Å². The summed E-state index contributed by atoms with van der Waals surface area (Å²) in [7, 11) is 0. The van der Waals surface area contributed by atoms with Crippen LogP contribution in [-0.2, 0) is 0 Å². The summed E-state index contributed by atoms with van der Waals surface area (Å²) in [6, 6.07) is 36.1. The lowest BCUT2D eigenvalue weighted by Crippen LogP contribution is -2.06. The van der Waals surface area contributed by atoms with Crippen LogP contribution in [0, 0.1) is 104 Å². The lowest BCUT2D eigenvalue weighted by molar-refractivity contribution is -0.385. The molecule has 0 saturated carbocycles. The van der Waals surface area contributed by atoms with Gasteiger partial charge in [-0.05, 0) is 97.1 Å². The second kappa shape index (κ2) is 20.9. The lowest BCUT2D eigenvalue weighted by atomic mass is 10.0. The lowest BCUT2D eigenvalue weighted by Gasteiger charge is -2.17. The zero-order valence-corrected chi connectivity index (χ0v) is 38.7. The highest BCUT2D eigenvalue weighted by molar-refractivity contribution is 8.00. The fourth-order valence-corrected chi connectivity index (χ4v) is 8.14. The minimum absolute atomic E-state index is 0.0432. The number of hydrogen-bond donors (Lipinski definition) is 0. The van der Waals surface area contributed by atoms with Crippen molar-refractivity contribution >= 4 is 34.9 Å². The largest absolute Gasteiger partial charge is 0.286 e. The Morgan fingerprint density at radius 1 is 0.394 bits per heavy atom. The molecule has 318 valence electrons. The van der Waals surface area contributed by atoms with Crippen molar-refractivity contribution in [2.24, 2.45) is 0 Å². The minimum Gasteiger partial charge on any atom is -0.258 e. The van der Waals surface area contributed by atoms with E-state index in [0.29, 0.717) is 33.4 Å². The van der Waals surface area contributed by atoms with Gasteiger partial charge in [-0.25, -0.2) is 0 Å². The molecule has 0 atom stereocenters. The molecule has 0 amide bonds. The molecular formula is C58H40N2O4S2. The molecule has 0 aliphatic carbocycles. The van der Waals surface area contributed by atoms with E-state index in [1.54, 1.807) is 47.8 Å². The van der Waals surface area contributed by atoms with Crippen LogP contribution in [0.15, 0.2) is 131 Å². The number of nitro groups is 2. The van der Waals surface area contributed by atoms with Gasteiger partial charge in [-0.15, -0.1) is 36.4 Å². The summed E-state index contributed by atoms with van der Waals surface area (Å²) >= 11 is 3.41. The number of terminal acetylenes is 2. The molecule has 0 saturated heterocycles. The molecule has 0 radical (unpaired) electrons. The Morgan fingerprint density at radius 2 is 0.712 bits per heavy atom. The van der Waals surface area contributed by atoms with Crippen LogP contribution in [0.1, 0.15) is 108 Å². The van der Waals surface area contributed by atoms with Gasteiger partial charge < -0.3 is 0 Å². The molecule has 0 heterocycles. The Hall–Kier alpha value is -8.26. The van der Waals surface area contributed by atoms with Crippen molar-refractivity contribution in [1.29, 1.82) is 0 Å². The van der Waals surface area contributed by atoms with E-state index in [9.17, 15) is 20.2 Å². The summed E-state index contributed by atoms with van der Waals surface area (Å²) in [5, 5.41) is 23.6. The Balaban J connectivity index is 1.29. The van der Waals surface area contributed by atoms with Crippen molar-refractivity contribution in [3.05, 3.63) is 208 Å². The maximum atomic E-state index is 11.8. The van der Waals surface area contributed by atoms with Crippen molar-refractivity contribution in [3.8, 4) is 83.9 Å². The van der Waals surface area contributed by atoms with Crippen LogP contribution in [0.25, 0.3) is 0 Å². The molecular weight excluding hydrogens is 853 g/mol. The number of benzene rings is 6. The smallest absolute Gasteiger partial charge is 0.258 e. The van der Waals surface area contributed by atoms with Gasteiger partial charge in [-0.1, -0.05) is 125 Å². The van der Waals surface area contributed by atoms with Gasteiger partial charge >= 0.3 is 0 Å². The number of thioether (sulfide) groups is 2. The zero-order valence-electron chi connectivity index (χ0n) is 37.0. The fraction of sp³-hybridized carbons (Fsp3) is 0.138. The first kappa shape index (κ1) is 47.2. The second-order valence-electron chi connectivity index (χ2n) is 16.5. The number of nitro benzene ring substituents is 2. The monoisotopic (exact) mass is 892 g/mol. The molecule has 0 unspecified atom stereocenters. The van der Waals surface area contributed by atoms with Crippen molar-refractivity contribution < 1.29 is 9.85 Å². The first-order chi connectivity index (χ1) is 31.4. The van der Waals surface area contributed by atoms with Crippen molar-refractivity contribution in [2.45, 2.75) is 60.8 Å². The fourth-order valence-electron chi connectivity index (χ4n) is 6.10. The number of rotatable bonds is 4. The molecule has 8 heteroatoms. The minimum atomic E-state index is -0.485. The van der Waals surface area contributed by atoms with Gasteiger partial charge in [0.2, 0.25) is 0 Å². The van der Waals surface area contributed by atoms with E-state index in [4.69, 9.17) is 12.8 Å². The topological polar surface area (TPSA) is 86.3 Å². The average Bonchev–Trinajstić information content (AvgIpc) is 3.28. The van der Waals surface area contributed by atoms with Crippen molar-refractivity contribution in [2.75, 3.05) is 0 Å².